The first-order valence-electron chi connectivity index (χ1n) is 7.30. The average Bonchev–Trinajstić information content (AvgIpc) is 3.04. The van der Waals surface area contributed by atoms with Gasteiger partial charge >= 0.3 is 5.97 Å². The van der Waals surface area contributed by atoms with Crippen molar-refractivity contribution in [2.24, 2.45) is 0 Å². The summed E-state index contributed by atoms with van der Waals surface area (Å²) in [6, 6.07) is 12.3. The van der Waals surface area contributed by atoms with Crippen LogP contribution in [0.3, 0.4) is 0 Å². The first kappa shape index (κ1) is 17.4. The van der Waals surface area contributed by atoms with Gasteiger partial charge in [-0.1, -0.05) is 35.3 Å². The molecule has 126 valence electrons. The van der Waals surface area contributed by atoms with Crippen LogP contribution in [-0.2, 0) is 11.4 Å². The van der Waals surface area contributed by atoms with Crippen LogP contribution in [0.1, 0.15) is 16.5 Å². The fourth-order valence-electron chi connectivity index (χ4n) is 2.44. The van der Waals surface area contributed by atoms with E-state index < -0.39 is 12.0 Å². The van der Waals surface area contributed by atoms with E-state index in [0.29, 0.717) is 28.2 Å². The number of hydrogen-bond donors (Lipinski definition) is 2. The largest absolute Gasteiger partial charge is 0.489 e. The van der Waals surface area contributed by atoms with Crippen LogP contribution < -0.4 is 10.1 Å². The minimum Gasteiger partial charge on any atom is -0.489 e. The Morgan fingerprint density at radius 2 is 2.04 bits per heavy atom. The summed E-state index contributed by atoms with van der Waals surface area (Å²) < 4.78 is 5.92. The van der Waals surface area contributed by atoms with Gasteiger partial charge in [0.05, 0.1) is 5.37 Å². The fourth-order valence-corrected chi connectivity index (χ4v) is 4.08. The average molecular weight is 384 g/mol. The second-order valence-corrected chi connectivity index (χ2v) is 7.38. The van der Waals surface area contributed by atoms with Gasteiger partial charge in [-0.25, -0.2) is 0 Å². The molecule has 0 saturated carbocycles. The van der Waals surface area contributed by atoms with E-state index in [0.717, 1.165) is 11.1 Å². The molecule has 1 aliphatic heterocycles. The van der Waals surface area contributed by atoms with Gasteiger partial charge in [-0.2, -0.15) is 0 Å². The molecule has 3 rings (SSSR count). The Morgan fingerprint density at radius 3 is 2.75 bits per heavy atom. The van der Waals surface area contributed by atoms with E-state index >= 15 is 0 Å². The van der Waals surface area contributed by atoms with Crippen molar-refractivity contribution in [1.82, 2.24) is 5.32 Å². The van der Waals surface area contributed by atoms with Crippen LogP contribution in [-0.4, -0.2) is 22.9 Å². The molecular weight excluding hydrogens is 369 g/mol. The topological polar surface area (TPSA) is 58.6 Å². The SMILES string of the molecule is O=C(O)[C@@H]1CS[C@@H](c2cc(Cl)ccc2OCc2cccc(Cl)c2)N1. The van der Waals surface area contributed by atoms with Crippen molar-refractivity contribution >= 4 is 40.9 Å². The van der Waals surface area contributed by atoms with Gasteiger partial charge in [0.1, 0.15) is 18.4 Å². The molecule has 0 aromatic heterocycles. The van der Waals surface area contributed by atoms with E-state index in [9.17, 15) is 4.79 Å². The van der Waals surface area contributed by atoms with Gasteiger partial charge in [0.2, 0.25) is 0 Å². The van der Waals surface area contributed by atoms with Crippen LogP contribution in [0.5, 0.6) is 5.75 Å². The molecule has 0 amide bonds. The van der Waals surface area contributed by atoms with Crippen LogP contribution in [0, 0.1) is 0 Å². The molecule has 0 spiro atoms. The highest BCUT2D eigenvalue weighted by atomic mass is 35.5. The third kappa shape index (κ3) is 4.16. The van der Waals surface area contributed by atoms with E-state index in [1.807, 2.05) is 30.3 Å². The second kappa shape index (κ2) is 7.66. The maximum Gasteiger partial charge on any atom is 0.321 e. The van der Waals surface area contributed by atoms with Gasteiger partial charge in [-0.15, -0.1) is 11.8 Å². The fraction of sp³-hybridized carbons (Fsp3) is 0.235. The number of thioether (sulfide) groups is 1. The molecule has 0 aliphatic carbocycles. The lowest BCUT2D eigenvalue weighted by Gasteiger charge is -2.17. The Bertz CT molecular complexity index is 756. The minimum atomic E-state index is -0.853. The number of aliphatic carboxylic acids is 1. The number of carboxylic acid groups (broad SMARTS) is 1. The molecule has 2 N–H and O–H groups in total. The third-order valence-corrected chi connectivity index (χ3v) is 5.34. The van der Waals surface area contributed by atoms with Crippen molar-refractivity contribution in [1.29, 1.82) is 0 Å². The van der Waals surface area contributed by atoms with Crippen LogP contribution in [0.15, 0.2) is 42.5 Å². The molecule has 2 aromatic rings. The molecular formula is C17H15Cl2NO3S. The molecule has 7 heteroatoms. The van der Waals surface area contributed by atoms with Crippen molar-refractivity contribution in [3.05, 3.63) is 63.6 Å². The Morgan fingerprint density at radius 1 is 1.25 bits per heavy atom. The van der Waals surface area contributed by atoms with Gasteiger partial charge < -0.3 is 9.84 Å². The highest BCUT2D eigenvalue weighted by Crippen LogP contribution is 2.39. The molecule has 1 saturated heterocycles. The maximum atomic E-state index is 11.1. The number of carboxylic acids is 1. The lowest BCUT2D eigenvalue weighted by atomic mass is 10.1. The summed E-state index contributed by atoms with van der Waals surface area (Å²) in [5, 5.41) is 13.3. The standard InChI is InChI=1S/C17H15Cl2NO3S/c18-11-3-1-2-10(6-11)8-23-15-5-4-12(19)7-13(15)16-20-14(9-24-16)17(21)22/h1-7,14,16,20H,8-9H2,(H,21,22)/t14-,16-/m0/s1. The Balaban J connectivity index is 1.77. The molecule has 2 aromatic carbocycles. The first-order valence-corrected chi connectivity index (χ1v) is 9.10. The predicted octanol–water partition coefficient (Wildman–Crippen LogP) is 4.36. The molecule has 0 bridgehead atoms. The molecule has 0 radical (unpaired) electrons. The predicted molar refractivity (Wildman–Crippen MR) is 97.0 cm³/mol. The number of rotatable bonds is 5. The van der Waals surface area contributed by atoms with Crippen molar-refractivity contribution in [3.63, 3.8) is 0 Å². The summed E-state index contributed by atoms with van der Waals surface area (Å²) in [7, 11) is 0. The molecule has 24 heavy (non-hydrogen) atoms. The van der Waals surface area contributed by atoms with E-state index in [1.165, 1.54) is 11.8 Å². The first-order chi connectivity index (χ1) is 11.5. The Labute approximate surface area is 154 Å². The normalized spacial score (nSPS) is 20.1. The molecule has 4 nitrogen and oxygen atoms in total. The number of ether oxygens (including phenoxy) is 1. The Hall–Kier alpha value is -1.40. The minimum absolute atomic E-state index is 0.167. The van der Waals surface area contributed by atoms with Gasteiger partial charge in [0.15, 0.2) is 0 Å². The maximum absolute atomic E-state index is 11.1. The van der Waals surface area contributed by atoms with Crippen molar-refractivity contribution < 1.29 is 14.6 Å². The molecule has 1 heterocycles. The summed E-state index contributed by atoms with van der Waals surface area (Å²) in [6.07, 6.45) is 0. The van der Waals surface area contributed by atoms with E-state index in [-0.39, 0.29) is 5.37 Å². The smallest absolute Gasteiger partial charge is 0.321 e. The molecule has 1 aliphatic rings. The summed E-state index contributed by atoms with van der Waals surface area (Å²) in [4.78, 5) is 11.1. The lowest BCUT2D eigenvalue weighted by Crippen LogP contribution is -2.33. The van der Waals surface area contributed by atoms with E-state index in [2.05, 4.69) is 5.32 Å². The lowest BCUT2D eigenvalue weighted by molar-refractivity contribution is -0.138. The summed E-state index contributed by atoms with van der Waals surface area (Å²) in [6.45, 7) is 0.370. The van der Waals surface area contributed by atoms with Crippen molar-refractivity contribution in [3.8, 4) is 5.75 Å². The van der Waals surface area contributed by atoms with E-state index in [1.54, 1.807) is 12.1 Å². The highest BCUT2D eigenvalue weighted by molar-refractivity contribution is 7.99. The van der Waals surface area contributed by atoms with E-state index in [4.69, 9.17) is 33.0 Å². The van der Waals surface area contributed by atoms with Crippen LogP contribution in [0.4, 0.5) is 0 Å². The zero-order valence-electron chi connectivity index (χ0n) is 12.5. The second-order valence-electron chi connectivity index (χ2n) is 5.37. The molecule has 1 fully saturated rings. The molecule has 2 atom stereocenters. The monoisotopic (exact) mass is 383 g/mol. The van der Waals surface area contributed by atoms with Crippen LogP contribution in [0.25, 0.3) is 0 Å². The number of halogens is 2. The zero-order valence-corrected chi connectivity index (χ0v) is 14.9. The zero-order chi connectivity index (χ0) is 17.1. The number of carbonyl (C=O) groups is 1. The van der Waals surface area contributed by atoms with Gasteiger partial charge in [-0.3, -0.25) is 10.1 Å². The van der Waals surface area contributed by atoms with Crippen LogP contribution in [0.2, 0.25) is 10.0 Å². The van der Waals surface area contributed by atoms with Gasteiger partial charge in [0.25, 0.3) is 0 Å². The Kier molecular flexibility index (Phi) is 5.56. The number of nitrogens with one attached hydrogen (secondary N) is 1. The van der Waals surface area contributed by atoms with Crippen LogP contribution >= 0.6 is 35.0 Å². The summed E-state index contributed by atoms with van der Waals surface area (Å²) in [5.41, 5.74) is 1.80. The van der Waals surface area contributed by atoms with Gasteiger partial charge in [0, 0.05) is 21.4 Å². The number of hydrogen-bond acceptors (Lipinski definition) is 4. The highest BCUT2D eigenvalue weighted by Gasteiger charge is 2.32. The van der Waals surface area contributed by atoms with Gasteiger partial charge in [-0.05, 0) is 35.9 Å². The van der Waals surface area contributed by atoms with Crippen molar-refractivity contribution in [2.45, 2.75) is 18.0 Å². The molecule has 0 unspecified atom stereocenters. The van der Waals surface area contributed by atoms with Crippen molar-refractivity contribution in [2.75, 3.05) is 5.75 Å². The number of benzene rings is 2. The summed E-state index contributed by atoms with van der Waals surface area (Å²) >= 11 is 13.6. The summed E-state index contributed by atoms with van der Waals surface area (Å²) in [5.74, 6) is 0.323. The third-order valence-electron chi connectivity index (χ3n) is 3.62. The quantitative estimate of drug-likeness (QED) is 0.802.